The number of rotatable bonds is 24. The molecule has 0 unspecified atom stereocenters. The molecule has 1 saturated heterocycles. The largest absolute Gasteiger partial charge is 0.481 e. The van der Waals surface area contributed by atoms with Crippen molar-refractivity contribution in [3.05, 3.63) is 77.0 Å². The Kier molecular flexibility index (Phi) is 17.0. The van der Waals surface area contributed by atoms with E-state index in [1.54, 1.807) is 41.4 Å². The van der Waals surface area contributed by atoms with Crippen LogP contribution in [-0.4, -0.2) is 149 Å². The van der Waals surface area contributed by atoms with Crippen LogP contribution in [0.15, 0.2) is 65.7 Å². The Balaban J connectivity index is 0.974. The first kappa shape index (κ1) is 46.4. The Hall–Kier alpha value is -5.15. The van der Waals surface area contributed by atoms with Gasteiger partial charge in [0.2, 0.25) is 11.8 Å². The summed E-state index contributed by atoms with van der Waals surface area (Å²) in [6, 6.07) is 13.0. The van der Waals surface area contributed by atoms with Crippen LogP contribution >= 0.6 is 0 Å². The van der Waals surface area contributed by atoms with E-state index in [4.69, 9.17) is 38.9 Å². The minimum Gasteiger partial charge on any atom is -0.481 e. The molecule has 0 saturated carbocycles. The number of carbonyl (C=O) groups is 1. The van der Waals surface area contributed by atoms with Crippen molar-refractivity contribution in [3.8, 4) is 22.7 Å². The summed E-state index contributed by atoms with van der Waals surface area (Å²) in [4.78, 5) is 38.8. The number of alkyl halides is 3. The molecule has 0 bridgehead atoms. The Bertz CT molecular complexity index is 2260. The summed E-state index contributed by atoms with van der Waals surface area (Å²) in [5.74, 6) is 0.311. The first-order chi connectivity index (χ1) is 30.1. The van der Waals surface area contributed by atoms with Gasteiger partial charge in [0.1, 0.15) is 0 Å². The van der Waals surface area contributed by atoms with Crippen molar-refractivity contribution >= 4 is 33.5 Å². The molecule has 16 nitrogen and oxygen atoms in total. The number of halogens is 3. The zero-order valence-corrected chi connectivity index (χ0v) is 35.1. The molecule has 2 aromatic carbocycles. The van der Waals surface area contributed by atoms with Gasteiger partial charge in [-0.15, -0.1) is 0 Å². The molecule has 1 aliphatic heterocycles. The summed E-state index contributed by atoms with van der Waals surface area (Å²) < 4.78 is 84.9. The quantitative estimate of drug-likeness (QED) is 0.0884. The fraction of sp³-hybridized carbons (Fsp3) is 0.488. The second-order valence-electron chi connectivity index (χ2n) is 14.3. The molecule has 4 heterocycles. The van der Waals surface area contributed by atoms with Crippen LogP contribution in [0.2, 0.25) is 0 Å². The highest BCUT2D eigenvalue weighted by molar-refractivity contribution is 6.04. The molecule has 3 aromatic heterocycles. The van der Waals surface area contributed by atoms with Crippen LogP contribution in [0.5, 0.6) is 5.88 Å². The molecule has 336 valence electrons. The summed E-state index contributed by atoms with van der Waals surface area (Å²) in [6.45, 7) is 6.36. The Morgan fingerprint density at radius 1 is 0.726 bits per heavy atom. The number of aromatic nitrogens is 4. The van der Waals surface area contributed by atoms with Crippen LogP contribution in [0.1, 0.15) is 12.0 Å². The monoisotopic (exact) mass is 869 g/mol. The standard InChI is InChI=1S/C43H54F3N7O9/c1-50-38-30-48-36-6-3-31(32-4-8-39(56-2)49-29-32)27-34(36)41(38)53(42(50)55)33-5-7-37(35(28-33)43(44,45)46)51-11-13-52(14-12-51)40(54)9-15-57-17-19-59-21-23-61-25-26-62-24-22-60-20-18-58-16-10-47/h3-8,27-30H,9-26,47H2,1-2H3. The minimum atomic E-state index is -4.73. The highest BCUT2D eigenvalue weighted by atomic mass is 19.4. The van der Waals surface area contributed by atoms with E-state index in [2.05, 4.69) is 9.97 Å². The van der Waals surface area contributed by atoms with E-state index >= 15 is 0 Å². The summed E-state index contributed by atoms with van der Waals surface area (Å²) in [6.07, 6.45) is -1.38. The fourth-order valence-electron chi connectivity index (χ4n) is 7.05. The van der Waals surface area contributed by atoms with Crippen molar-refractivity contribution in [1.82, 2.24) is 24.0 Å². The lowest BCUT2D eigenvalue weighted by Crippen LogP contribution is -2.49. The molecule has 5 aromatic rings. The summed E-state index contributed by atoms with van der Waals surface area (Å²) in [5, 5.41) is 0.588. The Morgan fingerprint density at radius 2 is 1.32 bits per heavy atom. The van der Waals surface area contributed by atoms with Crippen molar-refractivity contribution in [2.45, 2.75) is 12.6 Å². The molecule has 0 aliphatic carbocycles. The number of fused-ring (bicyclic) bond motifs is 3. The van der Waals surface area contributed by atoms with Gasteiger partial charge in [-0.2, -0.15) is 13.2 Å². The predicted molar refractivity (Wildman–Crippen MR) is 226 cm³/mol. The predicted octanol–water partition coefficient (Wildman–Crippen LogP) is 4.06. The van der Waals surface area contributed by atoms with E-state index < -0.39 is 17.4 Å². The maximum absolute atomic E-state index is 14.8. The van der Waals surface area contributed by atoms with Gasteiger partial charge in [-0.25, -0.2) is 9.78 Å². The third kappa shape index (κ3) is 12.1. The zero-order chi connectivity index (χ0) is 43.9. The van der Waals surface area contributed by atoms with Crippen molar-refractivity contribution in [3.63, 3.8) is 0 Å². The summed E-state index contributed by atoms with van der Waals surface area (Å²) in [5.41, 5.74) is 7.02. The average Bonchev–Trinajstić information content (AvgIpc) is 3.55. The first-order valence-electron chi connectivity index (χ1n) is 20.5. The van der Waals surface area contributed by atoms with E-state index in [9.17, 15) is 22.8 Å². The Morgan fingerprint density at radius 3 is 1.89 bits per heavy atom. The lowest BCUT2D eigenvalue weighted by atomic mass is 10.0. The molecule has 1 aliphatic rings. The van der Waals surface area contributed by atoms with E-state index in [1.165, 1.54) is 28.4 Å². The number of nitrogens with zero attached hydrogens (tertiary/aromatic N) is 6. The van der Waals surface area contributed by atoms with Crippen molar-refractivity contribution in [2.24, 2.45) is 12.8 Å². The number of imidazole rings is 1. The first-order valence-corrected chi connectivity index (χ1v) is 20.5. The molecule has 0 atom stereocenters. The van der Waals surface area contributed by atoms with Gasteiger partial charge in [0.05, 0.1) is 127 Å². The average molecular weight is 870 g/mol. The van der Waals surface area contributed by atoms with Crippen LogP contribution in [0.3, 0.4) is 0 Å². The highest BCUT2D eigenvalue weighted by Gasteiger charge is 2.37. The number of amides is 1. The van der Waals surface area contributed by atoms with Gasteiger partial charge in [-0.3, -0.25) is 18.9 Å². The number of hydrogen-bond donors (Lipinski definition) is 1. The summed E-state index contributed by atoms with van der Waals surface area (Å²) in [7, 11) is 3.09. The normalized spacial score (nSPS) is 13.5. The van der Waals surface area contributed by atoms with Crippen molar-refractivity contribution in [2.75, 3.05) is 124 Å². The number of pyridine rings is 2. The van der Waals surface area contributed by atoms with E-state index in [0.29, 0.717) is 107 Å². The molecule has 6 rings (SSSR count). The van der Waals surface area contributed by atoms with Gasteiger partial charge in [-0.05, 0) is 42.0 Å². The third-order valence-corrected chi connectivity index (χ3v) is 10.3. The number of piperazine rings is 1. The van der Waals surface area contributed by atoms with Gasteiger partial charge < -0.3 is 48.7 Å². The van der Waals surface area contributed by atoms with Gasteiger partial charge >= 0.3 is 11.9 Å². The van der Waals surface area contributed by atoms with Crippen LogP contribution in [0, 0.1) is 0 Å². The molecule has 2 N–H and O–H groups in total. The van der Waals surface area contributed by atoms with Crippen LogP contribution in [0.4, 0.5) is 18.9 Å². The number of methoxy groups -OCH3 is 1. The second-order valence-corrected chi connectivity index (χ2v) is 14.3. The van der Waals surface area contributed by atoms with Gasteiger partial charge in [0.15, 0.2) is 0 Å². The number of ether oxygens (including phenoxy) is 7. The van der Waals surface area contributed by atoms with E-state index in [-0.39, 0.29) is 56.5 Å². The number of anilines is 1. The molecular formula is C43H54F3N7O9. The molecule has 0 spiro atoms. The van der Waals surface area contributed by atoms with Crippen LogP contribution in [0.25, 0.3) is 38.8 Å². The summed E-state index contributed by atoms with van der Waals surface area (Å²) >= 11 is 0. The number of benzene rings is 2. The molecule has 1 fully saturated rings. The number of aryl methyl sites for hydroxylation is 1. The van der Waals surface area contributed by atoms with Crippen LogP contribution in [-0.2, 0) is 46.4 Å². The Labute approximate surface area is 357 Å². The molecule has 0 radical (unpaired) electrons. The van der Waals surface area contributed by atoms with Gasteiger partial charge in [-0.1, -0.05) is 6.07 Å². The van der Waals surface area contributed by atoms with E-state index in [0.717, 1.165) is 17.2 Å². The highest BCUT2D eigenvalue weighted by Crippen LogP contribution is 2.39. The molecule has 62 heavy (non-hydrogen) atoms. The smallest absolute Gasteiger partial charge is 0.418 e. The number of hydrogen-bond acceptors (Lipinski definition) is 13. The second kappa shape index (κ2) is 22.8. The fourth-order valence-corrected chi connectivity index (χ4v) is 7.05. The topological polar surface area (TPSA) is 167 Å². The third-order valence-electron chi connectivity index (χ3n) is 10.3. The molecular weight excluding hydrogens is 816 g/mol. The number of nitrogens with two attached hydrogens (primary N) is 1. The van der Waals surface area contributed by atoms with Crippen molar-refractivity contribution < 1.29 is 51.1 Å². The molecule has 19 heteroatoms. The zero-order valence-electron chi connectivity index (χ0n) is 35.1. The van der Waals surface area contributed by atoms with Gasteiger partial charge in [0.25, 0.3) is 0 Å². The maximum atomic E-state index is 14.8. The lowest BCUT2D eigenvalue weighted by molar-refractivity contribution is -0.137. The maximum Gasteiger partial charge on any atom is 0.418 e. The lowest BCUT2D eigenvalue weighted by Gasteiger charge is -2.37. The minimum absolute atomic E-state index is 0.0216. The number of carbonyl (C=O) groups excluding carboxylic acids is 1. The van der Waals surface area contributed by atoms with Crippen LogP contribution < -0.4 is 21.1 Å². The van der Waals surface area contributed by atoms with E-state index in [1.807, 2.05) is 18.2 Å². The molecule has 1 amide bonds. The van der Waals surface area contributed by atoms with Gasteiger partial charge in [0, 0.05) is 68.7 Å². The van der Waals surface area contributed by atoms with Crippen molar-refractivity contribution in [1.29, 1.82) is 0 Å². The SMILES string of the molecule is COc1ccc(-c2ccc3ncc4c(c3c2)n(-c2ccc(N3CCN(C(=O)CCOCCOCCOCCOCCOCCOCCN)CC3)c(C(F)(F)F)c2)c(=O)n4C)cn1.